The summed E-state index contributed by atoms with van der Waals surface area (Å²) >= 11 is 3.36. The summed E-state index contributed by atoms with van der Waals surface area (Å²) in [5, 5.41) is 16.7. The Morgan fingerprint density at radius 2 is 2.16 bits per heavy atom. The van der Waals surface area contributed by atoms with Crippen molar-refractivity contribution in [2.45, 2.75) is 38.3 Å². The van der Waals surface area contributed by atoms with Crippen LogP contribution in [-0.4, -0.2) is 27.5 Å². The molecule has 3 rings (SSSR count). The molecule has 5 nitrogen and oxygen atoms in total. The lowest BCUT2D eigenvalue weighted by molar-refractivity contribution is 0.0487. The molecule has 2 aliphatic carbocycles. The Kier molecular flexibility index (Phi) is 3.62. The molecule has 0 unspecified atom stereocenters. The second-order valence-corrected chi connectivity index (χ2v) is 6.47. The number of anilines is 1. The topological polar surface area (TPSA) is 67.2 Å². The molecular formula is C13H18BrN3O2. The average Bonchev–Trinajstić information content (AvgIpc) is 3.15. The van der Waals surface area contributed by atoms with Gasteiger partial charge in [0.1, 0.15) is 4.47 Å². The fourth-order valence-corrected chi connectivity index (χ4v) is 2.83. The molecule has 0 atom stereocenters. The molecule has 1 heterocycles. The molecule has 2 aliphatic rings. The summed E-state index contributed by atoms with van der Waals surface area (Å²) in [5.41, 5.74) is 0.684. The highest BCUT2D eigenvalue weighted by molar-refractivity contribution is 9.10. The van der Waals surface area contributed by atoms with E-state index in [1.807, 2.05) is 0 Å². The van der Waals surface area contributed by atoms with Crippen LogP contribution in [0, 0.1) is 11.8 Å². The molecule has 0 aromatic carbocycles. The van der Waals surface area contributed by atoms with Crippen LogP contribution in [0.3, 0.4) is 0 Å². The summed E-state index contributed by atoms with van der Waals surface area (Å²) in [7, 11) is 0. The summed E-state index contributed by atoms with van der Waals surface area (Å²) < 4.78 is 2.10. The molecule has 2 N–H and O–H groups in total. The number of nitrogens with one attached hydrogen (secondary N) is 1. The Bertz CT molecular complexity index is 521. The quantitative estimate of drug-likeness (QED) is 0.862. The molecule has 19 heavy (non-hydrogen) atoms. The number of aliphatic hydroxyl groups is 1. The normalized spacial score (nSPS) is 26.0. The minimum atomic E-state index is -0.139. The third-order valence-corrected chi connectivity index (χ3v) is 4.67. The molecule has 0 spiro atoms. The molecule has 6 heteroatoms. The lowest BCUT2D eigenvalue weighted by Gasteiger charge is -2.31. The molecule has 0 bridgehead atoms. The van der Waals surface area contributed by atoms with Crippen molar-refractivity contribution in [3.63, 3.8) is 0 Å². The molecule has 2 fully saturated rings. The van der Waals surface area contributed by atoms with Gasteiger partial charge in [-0.3, -0.25) is 4.79 Å². The van der Waals surface area contributed by atoms with Gasteiger partial charge in [0.05, 0.1) is 18.0 Å². The zero-order valence-electron chi connectivity index (χ0n) is 10.7. The van der Waals surface area contributed by atoms with Crippen molar-refractivity contribution in [3.05, 3.63) is 21.0 Å². The third kappa shape index (κ3) is 3.00. The Morgan fingerprint density at radius 3 is 2.79 bits per heavy atom. The van der Waals surface area contributed by atoms with Gasteiger partial charge in [-0.05, 0) is 53.4 Å². The van der Waals surface area contributed by atoms with Crippen LogP contribution >= 0.6 is 15.9 Å². The van der Waals surface area contributed by atoms with Gasteiger partial charge in [0.25, 0.3) is 5.56 Å². The standard InChI is InChI=1S/C13H18BrN3O2/c14-12-11(15-5-9-3-10(18)4-9)6-16-17(13(12)19)7-8-1-2-8/h6,8-10,15,18H,1-5,7H2. The number of aromatic nitrogens is 2. The van der Waals surface area contributed by atoms with Crippen molar-refractivity contribution >= 4 is 21.6 Å². The highest BCUT2D eigenvalue weighted by Crippen LogP contribution is 2.30. The summed E-state index contributed by atoms with van der Waals surface area (Å²) in [6, 6.07) is 0. The van der Waals surface area contributed by atoms with Gasteiger partial charge >= 0.3 is 0 Å². The molecule has 2 saturated carbocycles. The maximum absolute atomic E-state index is 12.1. The van der Waals surface area contributed by atoms with Crippen LogP contribution in [0.25, 0.3) is 0 Å². The highest BCUT2D eigenvalue weighted by atomic mass is 79.9. The first-order valence-electron chi connectivity index (χ1n) is 6.81. The van der Waals surface area contributed by atoms with Gasteiger partial charge in [-0.1, -0.05) is 0 Å². The summed E-state index contributed by atoms with van der Waals surface area (Å²) in [5.74, 6) is 1.13. The molecule has 0 radical (unpaired) electrons. The van der Waals surface area contributed by atoms with E-state index in [9.17, 15) is 9.90 Å². The molecule has 1 aromatic rings. The van der Waals surface area contributed by atoms with Gasteiger partial charge in [-0.25, -0.2) is 4.68 Å². The van der Waals surface area contributed by atoms with Crippen molar-refractivity contribution < 1.29 is 5.11 Å². The van der Waals surface area contributed by atoms with Crippen molar-refractivity contribution in [1.29, 1.82) is 0 Å². The van der Waals surface area contributed by atoms with E-state index in [1.54, 1.807) is 10.9 Å². The van der Waals surface area contributed by atoms with Gasteiger partial charge < -0.3 is 10.4 Å². The van der Waals surface area contributed by atoms with Crippen LogP contribution in [0.2, 0.25) is 0 Å². The van der Waals surface area contributed by atoms with E-state index in [0.29, 0.717) is 16.3 Å². The first-order chi connectivity index (χ1) is 9.13. The smallest absolute Gasteiger partial charge is 0.283 e. The first kappa shape index (κ1) is 13.1. The van der Waals surface area contributed by atoms with Gasteiger partial charge in [0.2, 0.25) is 0 Å². The lowest BCUT2D eigenvalue weighted by Crippen LogP contribution is -2.33. The van der Waals surface area contributed by atoms with Crippen LogP contribution in [0.15, 0.2) is 15.5 Å². The molecule has 0 amide bonds. The van der Waals surface area contributed by atoms with Crippen LogP contribution in [0.4, 0.5) is 5.69 Å². The maximum Gasteiger partial charge on any atom is 0.283 e. The predicted octanol–water partition coefficient (Wildman–Crippen LogP) is 1.60. The number of aliphatic hydroxyl groups excluding tert-OH is 1. The zero-order valence-corrected chi connectivity index (χ0v) is 12.3. The number of halogens is 1. The number of hydrogen-bond acceptors (Lipinski definition) is 4. The van der Waals surface area contributed by atoms with Crippen molar-refractivity contribution in [2.24, 2.45) is 11.8 Å². The van der Waals surface area contributed by atoms with E-state index in [0.717, 1.165) is 31.6 Å². The Labute approximate surface area is 120 Å². The van der Waals surface area contributed by atoms with E-state index < -0.39 is 0 Å². The Hall–Kier alpha value is -0.880. The van der Waals surface area contributed by atoms with Crippen molar-refractivity contribution in [3.8, 4) is 0 Å². The van der Waals surface area contributed by atoms with E-state index in [2.05, 4.69) is 26.3 Å². The van der Waals surface area contributed by atoms with Crippen molar-refractivity contribution in [1.82, 2.24) is 9.78 Å². The average molecular weight is 328 g/mol. The number of nitrogens with zero attached hydrogens (tertiary/aromatic N) is 2. The number of rotatable bonds is 5. The molecule has 104 valence electrons. The molecule has 0 aliphatic heterocycles. The monoisotopic (exact) mass is 327 g/mol. The van der Waals surface area contributed by atoms with Crippen LogP contribution in [0.5, 0.6) is 0 Å². The van der Waals surface area contributed by atoms with E-state index in [4.69, 9.17) is 0 Å². The fourth-order valence-electron chi connectivity index (χ4n) is 2.38. The largest absolute Gasteiger partial charge is 0.393 e. The molecule has 1 aromatic heterocycles. The highest BCUT2D eigenvalue weighted by Gasteiger charge is 2.27. The minimum Gasteiger partial charge on any atom is -0.393 e. The van der Waals surface area contributed by atoms with E-state index >= 15 is 0 Å². The van der Waals surface area contributed by atoms with E-state index in [1.165, 1.54) is 12.8 Å². The van der Waals surface area contributed by atoms with Crippen LogP contribution < -0.4 is 10.9 Å². The summed E-state index contributed by atoms with van der Waals surface area (Å²) in [6.07, 6.45) is 5.67. The summed E-state index contributed by atoms with van der Waals surface area (Å²) in [4.78, 5) is 12.1. The molecule has 0 saturated heterocycles. The van der Waals surface area contributed by atoms with Crippen molar-refractivity contribution in [2.75, 3.05) is 11.9 Å². The maximum atomic E-state index is 12.1. The predicted molar refractivity (Wildman–Crippen MR) is 76.1 cm³/mol. The minimum absolute atomic E-state index is 0.0643. The first-order valence-corrected chi connectivity index (χ1v) is 7.60. The SMILES string of the molecule is O=c1c(Br)c(NCC2CC(O)C2)cnn1CC1CC1. The second-order valence-electron chi connectivity index (χ2n) is 5.68. The lowest BCUT2D eigenvalue weighted by atomic mass is 9.82. The zero-order chi connectivity index (χ0) is 13.4. The van der Waals surface area contributed by atoms with Gasteiger partial charge in [0, 0.05) is 13.1 Å². The number of hydrogen-bond donors (Lipinski definition) is 2. The van der Waals surface area contributed by atoms with Crippen LogP contribution in [0.1, 0.15) is 25.7 Å². The molecular weight excluding hydrogens is 310 g/mol. The summed E-state index contributed by atoms with van der Waals surface area (Å²) in [6.45, 7) is 1.51. The second kappa shape index (κ2) is 5.25. The van der Waals surface area contributed by atoms with Gasteiger partial charge in [0.15, 0.2) is 0 Å². The Balaban J connectivity index is 1.64. The van der Waals surface area contributed by atoms with Crippen LogP contribution in [-0.2, 0) is 6.54 Å². The van der Waals surface area contributed by atoms with E-state index in [-0.39, 0.29) is 11.7 Å². The fraction of sp³-hybridized carbons (Fsp3) is 0.692. The van der Waals surface area contributed by atoms with Gasteiger partial charge in [-0.2, -0.15) is 5.10 Å². The van der Waals surface area contributed by atoms with Gasteiger partial charge in [-0.15, -0.1) is 0 Å². The Morgan fingerprint density at radius 1 is 1.42 bits per heavy atom. The third-order valence-electron chi connectivity index (χ3n) is 3.90.